The van der Waals surface area contributed by atoms with Gasteiger partial charge in [-0.2, -0.15) is 4.98 Å². The molecule has 4 bridgehead atoms. The average molecular weight is 1180 g/mol. The molecule has 2 aliphatic heterocycles. The molecule has 2 atom stereocenters. The maximum atomic E-state index is 15.1. The van der Waals surface area contributed by atoms with Crippen LogP contribution in [0.1, 0.15) is 63.4 Å². The van der Waals surface area contributed by atoms with Crippen LogP contribution in [0.5, 0.6) is 11.6 Å². The van der Waals surface area contributed by atoms with Crippen LogP contribution < -0.4 is 30.7 Å². The van der Waals surface area contributed by atoms with E-state index < -0.39 is 28.9 Å². The number of hydrogen-bond donors (Lipinski definition) is 4. The molecule has 23 nitrogen and oxygen atoms in total. The number of fused-ring (bicyclic) bond motifs is 6. The number of hydrogen-bond acceptors (Lipinski definition) is 19. The summed E-state index contributed by atoms with van der Waals surface area (Å²) in [7, 11) is 1.62. The molecule has 0 spiro atoms. The van der Waals surface area contributed by atoms with Crippen molar-refractivity contribution in [3.63, 3.8) is 0 Å². The molecular formula is C56H79F2N7O16S. The highest BCUT2D eigenvalue weighted by atomic mass is 32.2. The fourth-order valence-electron chi connectivity index (χ4n) is 7.99. The van der Waals surface area contributed by atoms with E-state index >= 15 is 4.39 Å². The lowest BCUT2D eigenvalue weighted by atomic mass is 10.0. The van der Waals surface area contributed by atoms with Crippen molar-refractivity contribution in [2.75, 3.05) is 150 Å². The second-order valence-electron chi connectivity index (χ2n) is 18.6. The van der Waals surface area contributed by atoms with E-state index in [4.69, 9.17) is 47.4 Å². The van der Waals surface area contributed by atoms with Crippen molar-refractivity contribution in [1.29, 1.82) is 0 Å². The Labute approximate surface area is 480 Å². The Morgan fingerprint density at radius 3 is 1.99 bits per heavy atom. The summed E-state index contributed by atoms with van der Waals surface area (Å²) >= 11 is -1.47. The zero-order valence-corrected chi connectivity index (χ0v) is 47.5. The quantitative estimate of drug-likeness (QED) is 0.0353. The van der Waals surface area contributed by atoms with E-state index in [1.807, 2.05) is 0 Å². The average Bonchev–Trinajstić information content (AvgIpc) is 3.97. The largest absolute Gasteiger partial charge is 0.616 e. The number of rotatable bonds is 42. The summed E-state index contributed by atoms with van der Waals surface area (Å²) in [5.41, 5.74) is 1.09. The third-order valence-corrected chi connectivity index (χ3v) is 13.5. The minimum atomic E-state index is -1.47. The van der Waals surface area contributed by atoms with Crippen LogP contribution in [0.15, 0.2) is 54.7 Å². The number of methoxy groups -OCH3 is 1. The Kier molecular flexibility index (Phi) is 32.9. The van der Waals surface area contributed by atoms with Gasteiger partial charge in [0.1, 0.15) is 46.6 Å². The minimum Gasteiger partial charge on any atom is -0.616 e. The number of pyridine rings is 2. The third-order valence-electron chi connectivity index (χ3n) is 12.2. The molecule has 0 saturated heterocycles. The third kappa shape index (κ3) is 27.4. The molecule has 4 N–H and O–H groups in total. The van der Waals surface area contributed by atoms with Gasteiger partial charge < -0.3 is 73.2 Å². The number of benzene rings is 1. The van der Waals surface area contributed by atoms with Crippen molar-refractivity contribution in [1.82, 2.24) is 30.8 Å². The highest BCUT2D eigenvalue weighted by Crippen LogP contribution is 2.35. The summed E-state index contributed by atoms with van der Waals surface area (Å²) in [5, 5.41) is 11.6. The van der Waals surface area contributed by atoms with Crippen LogP contribution in [0.3, 0.4) is 0 Å². The van der Waals surface area contributed by atoms with E-state index in [0.29, 0.717) is 154 Å². The number of nitrogens with one attached hydrogen (secondary N) is 4. The van der Waals surface area contributed by atoms with Gasteiger partial charge in [0.2, 0.25) is 23.6 Å². The predicted octanol–water partition coefficient (Wildman–Crippen LogP) is 4.10. The molecule has 0 radical (unpaired) electrons. The number of amides is 5. The molecule has 2 aromatic heterocycles. The number of carbonyl (C=O) groups excluding carboxylic acids is 5. The van der Waals surface area contributed by atoms with Gasteiger partial charge in [0, 0.05) is 80.6 Å². The first kappa shape index (κ1) is 66.9. The summed E-state index contributed by atoms with van der Waals surface area (Å²) in [4.78, 5) is 72.7. The van der Waals surface area contributed by atoms with E-state index in [2.05, 4.69) is 31.2 Å². The number of nitrogens with zero attached hydrogens (tertiary/aromatic N) is 3. The maximum Gasteiger partial charge on any atom is 0.253 e. The van der Waals surface area contributed by atoms with Crippen molar-refractivity contribution in [3.05, 3.63) is 71.9 Å². The van der Waals surface area contributed by atoms with Gasteiger partial charge in [0.15, 0.2) is 0 Å². The van der Waals surface area contributed by atoms with Gasteiger partial charge in [0.25, 0.3) is 11.8 Å². The normalized spacial score (nSPS) is 13.8. The molecule has 2 aliphatic rings. The van der Waals surface area contributed by atoms with Crippen molar-refractivity contribution in [2.45, 2.75) is 69.6 Å². The number of carbonyl (C=O) groups is 5. The van der Waals surface area contributed by atoms with Gasteiger partial charge in [-0.15, -0.1) is 0 Å². The topological polar surface area (TPSA) is 278 Å². The van der Waals surface area contributed by atoms with Crippen molar-refractivity contribution in [2.24, 2.45) is 0 Å². The second-order valence-corrected chi connectivity index (χ2v) is 20.2. The highest BCUT2D eigenvalue weighted by molar-refractivity contribution is 7.90. The monoisotopic (exact) mass is 1180 g/mol. The zero-order chi connectivity index (χ0) is 58.4. The summed E-state index contributed by atoms with van der Waals surface area (Å²) in [6, 6.07) is 7.78. The van der Waals surface area contributed by atoms with E-state index in [1.165, 1.54) is 36.4 Å². The zero-order valence-electron chi connectivity index (χ0n) is 46.7. The number of anilines is 2. The molecule has 0 saturated carbocycles. The molecule has 26 heteroatoms. The van der Waals surface area contributed by atoms with Crippen LogP contribution in [0.4, 0.5) is 20.4 Å². The fraction of sp³-hybridized carbons (Fsp3) is 0.589. The van der Waals surface area contributed by atoms with Crippen molar-refractivity contribution in [3.8, 4) is 22.8 Å². The summed E-state index contributed by atoms with van der Waals surface area (Å²) < 4.78 is 97.5. The molecule has 5 amide bonds. The lowest BCUT2D eigenvalue weighted by Crippen LogP contribution is -2.47. The summed E-state index contributed by atoms with van der Waals surface area (Å²) in [6.45, 7) is 7.46. The standard InChI is InChI=1S/C56H79F2N7O16S/c1-72-21-22-74-25-26-76-29-30-78-33-34-79-32-31-77-28-27-75-24-23-73-20-16-60-56(70)47(62-52(67)9-3-2-6-17-65-54(68)12-13-55(65)69)8-4-5-15-59-51(66)14-35-82(71)41-42-36-50-63-49-39-45(46(58)40-61-49)44-11-10-43(57)38-48(44)80-18-7-19-81-53(37-42)64-50/h10-13,36-40,47H,2-9,14-35,41H2,1H3,(H,59,66)(H,60,70)(H,62,67)(H,61,63,64)/t47-,82?/m0/s1. The van der Waals surface area contributed by atoms with E-state index in [0.717, 1.165) is 11.1 Å². The molecular weight excluding hydrogens is 1100 g/mol. The Morgan fingerprint density at radius 1 is 0.695 bits per heavy atom. The SMILES string of the molecule is COCCOCCOCCOCCOCCOCCOCCOCCNC(=O)[C@H](CCCCNC(=O)CC[S+]([O-])Cc1cc2nc(c1)OCCCOc1cc(F)ccc1-c1cc(ncc1F)N2)NC(=O)CCCCCN1C(=O)C=CC1=O. The van der Waals surface area contributed by atoms with E-state index in [1.54, 1.807) is 19.2 Å². The van der Waals surface area contributed by atoms with Crippen molar-refractivity contribution >= 4 is 52.3 Å². The smallest absolute Gasteiger partial charge is 0.253 e. The van der Waals surface area contributed by atoms with Crippen LogP contribution in [0, 0.1) is 11.6 Å². The number of imide groups is 1. The van der Waals surface area contributed by atoms with E-state index in [9.17, 15) is 32.9 Å². The van der Waals surface area contributed by atoms with Crippen LogP contribution >= 0.6 is 0 Å². The molecule has 0 aliphatic carbocycles. The Balaban J connectivity index is 0.956. The number of aromatic nitrogens is 2. The van der Waals surface area contributed by atoms with Crippen LogP contribution in [0.25, 0.3) is 11.1 Å². The maximum absolute atomic E-state index is 15.1. The Bertz CT molecular complexity index is 2410. The van der Waals surface area contributed by atoms with Gasteiger partial charge in [-0.3, -0.25) is 28.9 Å². The van der Waals surface area contributed by atoms with Gasteiger partial charge in [-0.05, 0) is 67.5 Å². The molecule has 4 heterocycles. The first-order valence-corrected chi connectivity index (χ1v) is 29.2. The lowest BCUT2D eigenvalue weighted by Gasteiger charge is -2.19. The minimum absolute atomic E-state index is 0.00910. The molecule has 0 fully saturated rings. The summed E-state index contributed by atoms with van der Waals surface area (Å²) in [5.74, 6) is -1.77. The predicted molar refractivity (Wildman–Crippen MR) is 298 cm³/mol. The molecule has 82 heavy (non-hydrogen) atoms. The molecule has 454 valence electrons. The Hall–Kier alpha value is -5.94. The van der Waals surface area contributed by atoms with E-state index in [-0.39, 0.29) is 116 Å². The van der Waals surface area contributed by atoms with Gasteiger partial charge in [-0.1, -0.05) is 6.42 Å². The number of ether oxygens (including phenoxy) is 10. The fourth-order valence-corrected chi connectivity index (χ4v) is 9.08. The van der Waals surface area contributed by atoms with Gasteiger partial charge >= 0.3 is 0 Å². The van der Waals surface area contributed by atoms with Gasteiger partial charge in [0.05, 0.1) is 125 Å². The van der Waals surface area contributed by atoms with Crippen LogP contribution in [-0.2, 0) is 78.8 Å². The first-order chi connectivity index (χ1) is 40.0. The Morgan fingerprint density at radius 2 is 1.33 bits per heavy atom. The molecule has 5 rings (SSSR count). The van der Waals surface area contributed by atoms with Crippen molar-refractivity contribution < 1.29 is 84.7 Å². The molecule has 1 aromatic carbocycles. The molecule has 1 unspecified atom stereocenters. The first-order valence-electron chi connectivity index (χ1n) is 27.7. The van der Waals surface area contributed by atoms with Gasteiger partial charge in [-0.25, -0.2) is 13.8 Å². The number of unbranched alkanes of at least 4 members (excludes halogenated alkanes) is 3. The summed E-state index contributed by atoms with van der Waals surface area (Å²) in [6.07, 6.45) is 6.92. The highest BCUT2D eigenvalue weighted by Gasteiger charge is 2.24. The number of halogens is 2. The second kappa shape index (κ2) is 40.3. The van der Waals surface area contributed by atoms with Crippen LogP contribution in [-0.4, -0.2) is 200 Å². The molecule has 3 aromatic rings. The lowest BCUT2D eigenvalue weighted by molar-refractivity contribution is -0.137. The van der Waals surface area contributed by atoms with Crippen LogP contribution in [0.2, 0.25) is 0 Å².